The van der Waals surface area contributed by atoms with Gasteiger partial charge in [0, 0.05) is 45.7 Å². The molecule has 0 saturated carbocycles. The predicted octanol–water partition coefficient (Wildman–Crippen LogP) is 0.506. The Balaban J connectivity index is 1.89. The topological polar surface area (TPSA) is 79.0 Å². The van der Waals surface area contributed by atoms with E-state index in [1.807, 2.05) is 0 Å². The fourth-order valence-corrected chi connectivity index (χ4v) is 2.59. The molecular weight excluding hydrogens is 310 g/mol. The zero-order valence-corrected chi connectivity index (χ0v) is 14.1. The number of benzene rings is 1. The molecule has 1 aliphatic rings. The number of hydrogen-bond donors (Lipinski definition) is 1. The standard InChI is InChI=1S/C17H23N3O4/c1-13(21)19-7-4-8-20(10-9-19)16(22)12-24-15-6-3-5-14(11-15)17(23)18-2/h3,5-6,11H,4,7-10,12H2,1-2H3,(H,18,23). The first-order valence-electron chi connectivity index (χ1n) is 7.99. The zero-order valence-electron chi connectivity index (χ0n) is 14.1. The van der Waals surface area contributed by atoms with Gasteiger partial charge in [-0.3, -0.25) is 14.4 Å². The summed E-state index contributed by atoms with van der Waals surface area (Å²) < 4.78 is 5.52. The highest BCUT2D eigenvalue weighted by Crippen LogP contribution is 2.14. The van der Waals surface area contributed by atoms with E-state index < -0.39 is 0 Å². The summed E-state index contributed by atoms with van der Waals surface area (Å²) in [5, 5.41) is 2.54. The van der Waals surface area contributed by atoms with Crippen molar-refractivity contribution >= 4 is 17.7 Å². The van der Waals surface area contributed by atoms with Gasteiger partial charge in [0.2, 0.25) is 5.91 Å². The number of nitrogens with one attached hydrogen (secondary N) is 1. The Morgan fingerprint density at radius 3 is 2.54 bits per heavy atom. The molecule has 3 amide bonds. The van der Waals surface area contributed by atoms with Gasteiger partial charge in [0.1, 0.15) is 5.75 Å². The maximum absolute atomic E-state index is 12.3. The van der Waals surface area contributed by atoms with Crippen LogP contribution in [0.2, 0.25) is 0 Å². The Hall–Kier alpha value is -2.57. The molecule has 0 bridgehead atoms. The Morgan fingerprint density at radius 2 is 1.83 bits per heavy atom. The molecule has 0 atom stereocenters. The lowest BCUT2D eigenvalue weighted by Gasteiger charge is -2.21. The van der Waals surface area contributed by atoms with Gasteiger partial charge in [0.25, 0.3) is 11.8 Å². The second-order valence-electron chi connectivity index (χ2n) is 5.64. The molecule has 1 aromatic carbocycles. The largest absolute Gasteiger partial charge is 0.484 e. The molecule has 1 aromatic rings. The van der Waals surface area contributed by atoms with Crippen molar-refractivity contribution in [2.24, 2.45) is 0 Å². The van der Waals surface area contributed by atoms with Gasteiger partial charge in [-0.2, -0.15) is 0 Å². The van der Waals surface area contributed by atoms with Crippen molar-refractivity contribution in [1.29, 1.82) is 0 Å². The molecule has 7 nitrogen and oxygen atoms in total. The molecule has 1 saturated heterocycles. The van der Waals surface area contributed by atoms with E-state index in [-0.39, 0.29) is 24.3 Å². The summed E-state index contributed by atoms with van der Waals surface area (Å²) in [6.07, 6.45) is 0.761. The third-order valence-corrected chi connectivity index (χ3v) is 3.98. The molecule has 0 unspecified atom stereocenters. The van der Waals surface area contributed by atoms with Gasteiger partial charge in [-0.25, -0.2) is 0 Å². The average Bonchev–Trinajstić information content (AvgIpc) is 2.85. The van der Waals surface area contributed by atoms with Crippen LogP contribution in [0.1, 0.15) is 23.7 Å². The number of rotatable bonds is 4. The van der Waals surface area contributed by atoms with Gasteiger partial charge in [-0.15, -0.1) is 0 Å². The lowest BCUT2D eigenvalue weighted by molar-refractivity contribution is -0.134. The molecular formula is C17H23N3O4. The van der Waals surface area contributed by atoms with Crippen LogP contribution in [0.15, 0.2) is 24.3 Å². The zero-order chi connectivity index (χ0) is 17.5. The molecule has 24 heavy (non-hydrogen) atoms. The normalized spacial score (nSPS) is 14.8. The summed E-state index contributed by atoms with van der Waals surface area (Å²) in [6.45, 7) is 3.81. The quantitative estimate of drug-likeness (QED) is 0.870. The highest BCUT2D eigenvalue weighted by Gasteiger charge is 2.20. The minimum Gasteiger partial charge on any atom is -0.484 e. The van der Waals surface area contributed by atoms with E-state index in [9.17, 15) is 14.4 Å². The van der Waals surface area contributed by atoms with Crippen molar-refractivity contribution < 1.29 is 19.1 Å². The molecule has 0 aliphatic carbocycles. The summed E-state index contributed by atoms with van der Waals surface area (Å²) in [7, 11) is 1.56. The van der Waals surface area contributed by atoms with E-state index in [1.165, 1.54) is 0 Å². The molecule has 1 fully saturated rings. The molecule has 0 aromatic heterocycles. The van der Waals surface area contributed by atoms with Gasteiger partial charge in [0.05, 0.1) is 0 Å². The SMILES string of the molecule is CNC(=O)c1cccc(OCC(=O)N2CCCN(C(C)=O)CC2)c1. The van der Waals surface area contributed by atoms with Crippen molar-refractivity contribution in [2.45, 2.75) is 13.3 Å². The summed E-state index contributed by atoms with van der Waals surface area (Å²) >= 11 is 0. The van der Waals surface area contributed by atoms with Crippen molar-refractivity contribution in [2.75, 3.05) is 39.8 Å². The highest BCUT2D eigenvalue weighted by molar-refractivity contribution is 5.94. The van der Waals surface area contributed by atoms with E-state index in [2.05, 4.69) is 5.32 Å². The van der Waals surface area contributed by atoms with Crippen LogP contribution in [-0.4, -0.2) is 67.4 Å². The number of carbonyl (C=O) groups excluding carboxylic acids is 3. The summed E-state index contributed by atoms with van der Waals surface area (Å²) in [6, 6.07) is 6.70. The molecule has 0 spiro atoms. The van der Waals surface area contributed by atoms with Gasteiger partial charge in [-0.1, -0.05) is 6.07 Å². The molecule has 1 aliphatic heterocycles. The van der Waals surface area contributed by atoms with E-state index in [4.69, 9.17) is 4.74 Å². The maximum atomic E-state index is 12.3. The van der Waals surface area contributed by atoms with Gasteiger partial charge in [0.15, 0.2) is 6.61 Å². The predicted molar refractivity (Wildman–Crippen MR) is 88.8 cm³/mol. The van der Waals surface area contributed by atoms with Crippen LogP contribution in [0.4, 0.5) is 0 Å². The Bertz CT molecular complexity index is 618. The first kappa shape index (κ1) is 17.8. The van der Waals surface area contributed by atoms with Crippen molar-refractivity contribution in [1.82, 2.24) is 15.1 Å². The minimum absolute atomic E-state index is 0.0339. The monoisotopic (exact) mass is 333 g/mol. The van der Waals surface area contributed by atoms with E-state index in [1.54, 1.807) is 48.0 Å². The van der Waals surface area contributed by atoms with Crippen LogP contribution >= 0.6 is 0 Å². The number of ether oxygens (including phenoxy) is 1. The summed E-state index contributed by atoms with van der Waals surface area (Å²) in [4.78, 5) is 38.8. The molecule has 7 heteroatoms. The molecule has 130 valence electrons. The first-order chi connectivity index (χ1) is 11.5. The third-order valence-electron chi connectivity index (χ3n) is 3.98. The Labute approximate surface area is 141 Å². The first-order valence-corrected chi connectivity index (χ1v) is 7.99. The van der Waals surface area contributed by atoms with E-state index in [0.29, 0.717) is 37.5 Å². The fraction of sp³-hybridized carbons (Fsp3) is 0.471. The summed E-state index contributed by atoms with van der Waals surface area (Å²) in [5.41, 5.74) is 0.481. The number of hydrogen-bond acceptors (Lipinski definition) is 4. The Morgan fingerprint density at radius 1 is 1.12 bits per heavy atom. The highest BCUT2D eigenvalue weighted by atomic mass is 16.5. The average molecular weight is 333 g/mol. The van der Waals surface area contributed by atoms with Gasteiger partial charge < -0.3 is 19.9 Å². The van der Waals surface area contributed by atoms with Crippen LogP contribution in [0, 0.1) is 0 Å². The molecule has 0 radical (unpaired) electrons. The van der Waals surface area contributed by atoms with Crippen molar-refractivity contribution in [3.63, 3.8) is 0 Å². The van der Waals surface area contributed by atoms with Gasteiger partial charge >= 0.3 is 0 Å². The van der Waals surface area contributed by atoms with Gasteiger partial charge in [-0.05, 0) is 24.6 Å². The van der Waals surface area contributed by atoms with E-state index >= 15 is 0 Å². The van der Waals surface area contributed by atoms with Crippen LogP contribution < -0.4 is 10.1 Å². The molecule has 2 rings (SSSR count). The number of amides is 3. The number of carbonyl (C=O) groups is 3. The molecule has 1 heterocycles. The lowest BCUT2D eigenvalue weighted by Crippen LogP contribution is -2.38. The molecule has 1 N–H and O–H groups in total. The van der Waals surface area contributed by atoms with Crippen LogP contribution in [-0.2, 0) is 9.59 Å². The van der Waals surface area contributed by atoms with Crippen molar-refractivity contribution in [3.8, 4) is 5.75 Å². The third kappa shape index (κ3) is 4.71. The van der Waals surface area contributed by atoms with Crippen LogP contribution in [0.5, 0.6) is 5.75 Å². The van der Waals surface area contributed by atoms with Crippen molar-refractivity contribution in [3.05, 3.63) is 29.8 Å². The lowest BCUT2D eigenvalue weighted by atomic mass is 10.2. The number of nitrogens with zero attached hydrogens (tertiary/aromatic N) is 2. The fourth-order valence-electron chi connectivity index (χ4n) is 2.59. The minimum atomic E-state index is -0.205. The van der Waals surface area contributed by atoms with E-state index in [0.717, 1.165) is 6.42 Å². The maximum Gasteiger partial charge on any atom is 0.260 e. The smallest absolute Gasteiger partial charge is 0.260 e. The Kier molecular flexibility index (Phi) is 6.17. The second kappa shape index (κ2) is 8.33. The van der Waals surface area contributed by atoms with Crippen LogP contribution in [0.3, 0.4) is 0 Å². The summed E-state index contributed by atoms with van der Waals surface area (Å²) in [5.74, 6) is 0.186. The second-order valence-corrected chi connectivity index (χ2v) is 5.64. The van der Waals surface area contributed by atoms with Crippen LogP contribution in [0.25, 0.3) is 0 Å².